The SMILES string of the molecule is CCNC(=NCc1cccs1)NC(CC)CS(=O)(=O)c1ccccc1. The molecule has 2 aromatic rings. The summed E-state index contributed by atoms with van der Waals surface area (Å²) in [5, 5.41) is 8.46. The average molecular weight is 380 g/mol. The predicted octanol–water partition coefficient (Wildman–Crippen LogP) is 3.06. The van der Waals surface area contributed by atoms with Crippen molar-refractivity contribution in [2.75, 3.05) is 12.3 Å². The van der Waals surface area contributed by atoms with Gasteiger partial charge in [-0.1, -0.05) is 31.2 Å². The number of nitrogens with zero attached hydrogens (tertiary/aromatic N) is 1. The molecule has 2 N–H and O–H groups in total. The third-order valence-electron chi connectivity index (χ3n) is 3.67. The zero-order chi connectivity index (χ0) is 18.1. The average Bonchev–Trinajstić information content (AvgIpc) is 3.13. The third-order valence-corrected chi connectivity index (χ3v) is 6.37. The van der Waals surface area contributed by atoms with E-state index in [0.717, 1.165) is 6.54 Å². The molecule has 0 aliphatic heterocycles. The molecule has 136 valence electrons. The number of aliphatic imine (C=N–C) groups is 1. The summed E-state index contributed by atoms with van der Waals surface area (Å²) in [6, 6.07) is 12.4. The fourth-order valence-electron chi connectivity index (χ4n) is 2.32. The molecule has 0 saturated carbocycles. The fourth-order valence-corrected chi connectivity index (χ4v) is 4.56. The summed E-state index contributed by atoms with van der Waals surface area (Å²) >= 11 is 1.66. The van der Waals surface area contributed by atoms with E-state index in [4.69, 9.17) is 0 Å². The highest BCUT2D eigenvalue weighted by Crippen LogP contribution is 2.13. The van der Waals surface area contributed by atoms with Gasteiger partial charge in [0.05, 0.1) is 17.2 Å². The highest BCUT2D eigenvalue weighted by molar-refractivity contribution is 7.91. The largest absolute Gasteiger partial charge is 0.357 e. The van der Waals surface area contributed by atoms with E-state index in [1.807, 2.05) is 37.4 Å². The van der Waals surface area contributed by atoms with Gasteiger partial charge in [-0.15, -0.1) is 11.3 Å². The van der Waals surface area contributed by atoms with E-state index < -0.39 is 9.84 Å². The van der Waals surface area contributed by atoms with Crippen molar-refractivity contribution in [2.24, 2.45) is 4.99 Å². The first-order valence-electron chi connectivity index (χ1n) is 8.40. The van der Waals surface area contributed by atoms with Crippen LogP contribution in [-0.2, 0) is 16.4 Å². The van der Waals surface area contributed by atoms with Gasteiger partial charge in [-0.05, 0) is 36.9 Å². The van der Waals surface area contributed by atoms with Crippen LogP contribution in [0.1, 0.15) is 25.1 Å². The molecule has 0 bridgehead atoms. The van der Waals surface area contributed by atoms with Gasteiger partial charge in [-0.3, -0.25) is 0 Å². The van der Waals surface area contributed by atoms with E-state index in [2.05, 4.69) is 15.6 Å². The van der Waals surface area contributed by atoms with E-state index in [1.165, 1.54) is 4.88 Å². The summed E-state index contributed by atoms with van der Waals surface area (Å²) < 4.78 is 25.2. The van der Waals surface area contributed by atoms with Gasteiger partial charge in [-0.2, -0.15) is 0 Å². The molecule has 0 radical (unpaired) electrons. The third kappa shape index (κ3) is 6.17. The van der Waals surface area contributed by atoms with Gasteiger partial charge in [0.25, 0.3) is 0 Å². The molecule has 1 heterocycles. The Morgan fingerprint density at radius 3 is 2.52 bits per heavy atom. The lowest BCUT2D eigenvalue weighted by molar-refractivity contribution is 0.569. The summed E-state index contributed by atoms with van der Waals surface area (Å²) in [7, 11) is -3.33. The van der Waals surface area contributed by atoms with Crippen molar-refractivity contribution in [3.05, 3.63) is 52.7 Å². The lowest BCUT2D eigenvalue weighted by Crippen LogP contribution is -2.46. The number of hydrogen-bond acceptors (Lipinski definition) is 4. The van der Waals surface area contributed by atoms with Crippen LogP contribution in [0.4, 0.5) is 0 Å². The maximum atomic E-state index is 12.6. The van der Waals surface area contributed by atoms with E-state index in [0.29, 0.717) is 23.8 Å². The lowest BCUT2D eigenvalue weighted by atomic mass is 10.3. The van der Waals surface area contributed by atoms with Crippen molar-refractivity contribution in [2.45, 2.75) is 37.8 Å². The molecular weight excluding hydrogens is 354 g/mol. The number of thiophene rings is 1. The van der Waals surface area contributed by atoms with Crippen molar-refractivity contribution >= 4 is 27.1 Å². The van der Waals surface area contributed by atoms with Gasteiger partial charge in [0.1, 0.15) is 0 Å². The molecule has 0 fully saturated rings. The van der Waals surface area contributed by atoms with Crippen LogP contribution in [0.25, 0.3) is 0 Å². The van der Waals surface area contributed by atoms with E-state index in [1.54, 1.807) is 35.6 Å². The Kier molecular flexibility index (Phi) is 7.46. The fraction of sp³-hybridized carbons (Fsp3) is 0.389. The molecule has 2 rings (SSSR count). The van der Waals surface area contributed by atoms with Gasteiger partial charge < -0.3 is 10.6 Å². The smallest absolute Gasteiger partial charge is 0.191 e. The molecule has 5 nitrogen and oxygen atoms in total. The van der Waals surface area contributed by atoms with Gasteiger partial charge in [-0.25, -0.2) is 13.4 Å². The molecule has 7 heteroatoms. The maximum Gasteiger partial charge on any atom is 0.191 e. The number of rotatable bonds is 8. The minimum absolute atomic E-state index is 0.0386. The van der Waals surface area contributed by atoms with Crippen molar-refractivity contribution in [3.8, 4) is 0 Å². The molecule has 1 atom stereocenters. The van der Waals surface area contributed by atoms with Crippen molar-refractivity contribution in [1.82, 2.24) is 10.6 Å². The Hall–Kier alpha value is -1.86. The Balaban J connectivity index is 2.06. The number of benzene rings is 1. The minimum Gasteiger partial charge on any atom is -0.357 e. The van der Waals surface area contributed by atoms with Crippen LogP contribution in [-0.4, -0.2) is 32.7 Å². The summed E-state index contributed by atoms with van der Waals surface area (Å²) in [5.74, 6) is 0.683. The highest BCUT2D eigenvalue weighted by atomic mass is 32.2. The molecule has 0 aliphatic carbocycles. The summed E-state index contributed by atoms with van der Waals surface area (Å²) in [4.78, 5) is 6.08. The summed E-state index contributed by atoms with van der Waals surface area (Å²) in [5.41, 5.74) is 0. The molecule has 25 heavy (non-hydrogen) atoms. The summed E-state index contributed by atoms with van der Waals surface area (Å²) in [6.07, 6.45) is 0.690. The molecule has 0 aliphatic rings. The van der Waals surface area contributed by atoms with Crippen LogP contribution in [0.15, 0.2) is 57.7 Å². The van der Waals surface area contributed by atoms with E-state index in [-0.39, 0.29) is 11.8 Å². The standard InChI is InChI=1S/C18H25N3O2S2/c1-3-15(14-25(22,23)17-10-6-5-7-11-17)21-18(19-4-2)20-13-16-9-8-12-24-16/h5-12,15H,3-4,13-14H2,1-2H3,(H2,19,20,21). The molecule has 1 unspecified atom stereocenters. The maximum absolute atomic E-state index is 12.6. The second-order valence-corrected chi connectivity index (χ2v) is 8.68. The molecule has 1 aromatic heterocycles. The molecule has 1 aromatic carbocycles. The Morgan fingerprint density at radius 2 is 1.92 bits per heavy atom. The number of sulfone groups is 1. The van der Waals surface area contributed by atoms with Crippen LogP contribution >= 0.6 is 11.3 Å². The van der Waals surface area contributed by atoms with Crippen LogP contribution in [0, 0.1) is 0 Å². The topological polar surface area (TPSA) is 70.6 Å². The van der Waals surface area contributed by atoms with Gasteiger partial charge >= 0.3 is 0 Å². The number of guanidine groups is 1. The Morgan fingerprint density at radius 1 is 1.16 bits per heavy atom. The molecular formula is C18H25N3O2S2. The first-order chi connectivity index (χ1) is 12.0. The molecule has 0 saturated heterocycles. The minimum atomic E-state index is -3.33. The number of hydrogen-bond donors (Lipinski definition) is 2. The molecule has 0 amide bonds. The predicted molar refractivity (Wildman–Crippen MR) is 105 cm³/mol. The molecule has 0 spiro atoms. The highest BCUT2D eigenvalue weighted by Gasteiger charge is 2.20. The first kappa shape index (κ1) is 19.5. The van der Waals surface area contributed by atoms with Crippen molar-refractivity contribution in [1.29, 1.82) is 0 Å². The zero-order valence-electron chi connectivity index (χ0n) is 14.6. The summed E-state index contributed by atoms with van der Waals surface area (Å²) in [6.45, 7) is 5.26. The number of nitrogens with one attached hydrogen (secondary N) is 2. The van der Waals surface area contributed by atoms with Gasteiger partial charge in [0.15, 0.2) is 15.8 Å². The van der Waals surface area contributed by atoms with Crippen LogP contribution < -0.4 is 10.6 Å². The quantitative estimate of drug-likeness (QED) is 0.546. The monoisotopic (exact) mass is 379 g/mol. The van der Waals surface area contributed by atoms with Crippen LogP contribution in [0.3, 0.4) is 0 Å². The zero-order valence-corrected chi connectivity index (χ0v) is 16.2. The Bertz CT molecular complexity index is 757. The first-order valence-corrected chi connectivity index (χ1v) is 10.9. The van der Waals surface area contributed by atoms with Gasteiger partial charge in [0, 0.05) is 17.5 Å². The second kappa shape index (κ2) is 9.58. The van der Waals surface area contributed by atoms with E-state index >= 15 is 0 Å². The second-order valence-electron chi connectivity index (χ2n) is 5.62. The van der Waals surface area contributed by atoms with Crippen molar-refractivity contribution < 1.29 is 8.42 Å². The van der Waals surface area contributed by atoms with Crippen LogP contribution in [0.5, 0.6) is 0 Å². The lowest BCUT2D eigenvalue weighted by Gasteiger charge is -2.20. The normalized spacial score (nSPS) is 13.4. The Labute approximate surface area is 154 Å². The van der Waals surface area contributed by atoms with Crippen LogP contribution in [0.2, 0.25) is 0 Å². The van der Waals surface area contributed by atoms with Crippen molar-refractivity contribution in [3.63, 3.8) is 0 Å². The van der Waals surface area contributed by atoms with Gasteiger partial charge in [0.2, 0.25) is 0 Å². The van der Waals surface area contributed by atoms with E-state index in [9.17, 15) is 8.42 Å².